The maximum absolute atomic E-state index is 12.2. The van der Waals surface area contributed by atoms with Crippen LogP contribution in [0.3, 0.4) is 0 Å². The lowest BCUT2D eigenvalue weighted by molar-refractivity contribution is -0.386. The lowest BCUT2D eigenvalue weighted by Gasteiger charge is -2.06. The molecule has 0 unspecified atom stereocenters. The van der Waals surface area contributed by atoms with Crippen LogP contribution in [0.4, 0.5) is 11.4 Å². The van der Waals surface area contributed by atoms with E-state index in [-0.39, 0.29) is 30.3 Å². The SMILES string of the molecule is CCn1cc(NC(=O)CCn2nc(C)c([N+](=O)[O-])c2C)c(C(=O)NC)n1. The minimum absolute atomic E-state index is 0.0449. The Labute approximate surface area is 149 Å². The number of hydrogen-bond donors (Lipinski definition) is 2. The van der Waals surface area contributed by atoms with Crippen molar-refractivity contribution >= 4 is 23.2 Å². The molecule has 2 aromatic rings. The molecule has 0 spiro atoms. The van der Waals surface area contributed by atoms with E-state index >= 15 is 0 Å². The molecular weight excluding hydrogens is 342 g/mol. The van der Waals surface area contributed by atoms with Crippen LogP contribution < -0.4 is 10.6 Å². The maximum atomic E-state index is 12.2. The van der Waals surface area contributed by atoms with E-state index < -0.39 is 10.8 Å². The van der Waals surface area contributed by atoms with Crippen LogP contribution >= 0.6 is 0 Å². The highest BCUT2D eigenvalue weighted by Crippen LogP contribution is 2.22. The van der Waals surface area contributed by atoms with Crippen LogP contribution in [-0.4, -0.2) is 43.3 Å². The van der Waals surface area contributed by atoms with Gasteiger partial charge in [-0.05, 0) is 20.8 Å². The quantitative estimate of drug-likeness (QED) is 0.556. The largest absolute Gasteiger partial charge is 0.354 e. The summed E-state index contributed by atoms with van der Waals surface area (Å²) in [6, 6.07) is 0. The van der Waals surface area contributed by atoms with Crippen molar-refractivity contribution in [2.24, 2.45) is 0 Å². The third-order valence-corrected chi connectivity index (χ3v) is 3.88. The van der Waals surface area contributed by atoms with Crippen LogP contribution in [0.15, 0.2) is 6.20 Å². The molecule has 0 saturated heterocycles. The number of nitro groups is 1. The molecule has 2 N–H and O–H groups in total. The average molecular weight is 363 g/mol. The second kappa shape index (κ2) is 7.76. The van der Waals surface area contributed by atoms with Crippen LogP contribution in [0, 0.1) is 24.0 Å². The molecule has 0 radical (unpaired) electrons. The molecular formula is C15H21N7O4. The van der Waals surface area contributed by atoms with Crippen molar-refractivity contribution in [1.29, 1.82) is 0 Å². The Kier molecular flexibility index (Phi) is 5.70. The molecule has 0 atom stereocenters. The van der Waals surface area contributed by atoms with Gasteiger partial charge in [0.25, 0.3) is 5.91 Å². The highest BCUT2D eigenvalue weighted by molar-refractivity contribution is 6.02. The molecule has 0 fully saturated rings. The predicted octanol–water partition coefficient (Wildman–Crippen LogP) is 1.01. The van der Waals surface area contributed by atoms with Gasteiger partial charge in [0.05, 0.1) is 17.2 Å². The van der Waals surface area contributed by atoms with E-state index in [9.17, 15) is 19.7 Å². The fourth-order valence-electron chi connectivity index (χ4n) is 2.55. The Morgan fingerprint density at radius 2 is 2.00 bits per heavy atom. The smallest absolute Gasteiger partial charge is 0.312 e. The van der Waals surface area contributed by atoms with Crippen molar-refractivity contribution in [2.45, 2.75) is 40.3 Å². The summed E-state index contributed by atoms with van der Waals surface area (Å²) >= 11 is 0. The molecule has 0 aromatic carbocycles. The zero-order valence-corrected chi connectivity index (χ0v) is 15.1. The summed E-state index contributed by atoms with van der Waals surface area (Å²) in [5, 5.41) is 24.4. The molecule has 2 rings (SSSR count). The van der Waals surface area contributed by atoms with Crippen molar-refractivity contribution in [3.63, 3.8) is 0 Å². The monoisotopic (exact) mass is 363 g/mol. The van der Waals surface area contributed by atoms with Gasteiger partial charge in [0.1, 0.15) is 11.4 Å². The molecule has 0 aliphatic rings. The number of nitrogens with one attached hydrogen (secondary N) is 2. The summed E-state index contributed by atoms with van der Waals surface area (Å²) in [6.45, 7) is 5.74. The Bertz CT molecular complexity index is 853. The molecule has 0 aliphatic carbocycles. The molecule has 0 saturated carbocycles. The van der Waals surface area contributed by atoms with Crippen LogP contribution in [0.25, 0.3) is 0 Å². The van der Waals surface area contributed by atoms with Gasteiger partial charge < -0.3 is 10.6 Å². The number of amides is 2. The van der Waals surface area contributed by atoms with E-state index in [0.29, 0.717) is 23.6 Å². The lowest BCUT2D eigenvalue weighted by Crippen LogP contribution is -2.22. The predicted molar refractivity (Wildman–Crippen MR) is 92.9 cm³/mol. The fraction of sp³-hybridized carbons (Fsp3) is 0.467. The van der Waals surface area contributed by atoms with Crippen LogP contribution in [0.1, 0.15) is 35.2 Å². The molecule has 0 bridgehead atoms. The summed E-state index contributed by atoms with van der Waals surface area (Å²) < 4.78 is 2.98. The number of carbonyl (C=O) groups is 2. The Morgan fingerprint density at radius 3 is 2.54 bits per heavy atom. The van der Waals surface area contributed by atoms with E-state index in [0.717, 1.165) is 0 Å². The third kappa shape index (κ3) is 3.87. The first kappa shape index (κ1) is 19.1. The third-order valence-electron chi connectivity index (χ3n) is 3.88. The first-order valence-electron chi connectivity index (χ1n) is 8.06. The van der Waals surface area contributed by atoms with E-state index in [1.54, 1.807) is 24.7 Å². The van der Waals surface area contributed by atoms with E-state index in [2.05, 4.69) is 20.8 Å². The van der Waals surface area contributed by atoms with E-state index in [1.807, 2.05) is 6.92 Å². The lowest BCUT2D eigenvalue weighted by atomic mass is 10.3. The number of aryl methyl sites for hydroxylation is 3. The Hall–Kier alpha value is -3.24. The fourth-order valence-corrected chi connectivity index (χ4v) is 2.55. The van der Waals surface area contributed by atoms with Gasteiger partial charge in [0.15, 0.2) is 5.69 Å². The van der Waals surface area contributed by atoms with Crippen LogP contribution in [0.2, 0.25) is 0 Å². The standard InChI is InChI=1S/C15H21N7O4/c1-5-20-8-11(13(19-20)15(24)16-4)17-12(23)6-7-21-10(3)14(22(25)26)9(2)18-21/h8H,5-7H2,1-4H3,(H,16,24)(H,17,23). The van der Waals surface area contributed by atoms with Crippen LogP contribution in [0.5, 0.6) is 0 Å². The molecule has 11 heteroatoms. The molecule has 11 nitrogen and oxygen atoms in total. The van der Waals surface area contributed by atoms with Gasteiger partial charge in [0, 0.05) is 26.2 Å². The van der Waals surface area contributed by atoms with Gasteiger partial charge in [0.2, 0.25) is 5.91 Å². The first-order chi connectivity index (χ1) is 12.3. The Balaban J connectivity index is 2.08. The number of aromatic nitrogens is 4. The highest BCUT2D eigenvalue weighted by Gasteiger charge is 2.22. The zero-order chi connectivity index (χ0) is 19.4. The summed E-state index contributed by atoms with van der Waals surface area (Å²) in [5.41, 5.74) is 1.10. The minimum atomic E-state index is -0.483. The molecule has 26 heavy (non-hydrogen) atoms. The zero-order valence-electron chi connectivity index (χ0n) is 15.1. The topological polar surface area (TPSA) is 137 Å². The van der Waals surface area contributed by atoms with Crippen molar-refractivity contribution < 1.29 is 14.5 Å². The number of rotatable bonds is 7. The summed E-state index contributed by atoms with van der Waals surface area (Å²) in [7, 11) is 1.48. The number of carbonyl (C=O) groups excluding carboxylic acids is 2. The summed E-state index contributed by atoms with van der Waals surface area (Å²) in [4.78, 5) is 34.6. The van der Waals surface area contributed by atoms with Crippen LogP contribution in [-0.2, 0) is 17.9 Å². The molecule has 2 aromatic heterocycles. The average Bonchev–Trinajstić information content (AvgIpc) is 3.12. The first-order valence-corrected chi connectivity index (χ1v) is 8.06. The highest BCUT2D eigenvalue weighted by atomic mass is 16.6. The van der Waals surface area contributed by atoms with Crippen molar-refractivity contribution in [2.75, 3.05) is 12.4 Å². The van der Waals surface area contributed by atoms with Gasteiger partial charge in [-0.15, -0.1) is 0 Å². The van der Waals surface area contributed by atoms with Crippen molar-refractivity contribution in [1.82, 2.24) is 24.9 Å². The van der Waals surface area contributed by atoms with Crippen molar-refractivity contribution in [3.8, 4) is 0 Å². The normalized spacial score (nSPS) is 10.6. The summed E-state index contributed by atoms with van der Waals surface area (Å²) in [6.07, 6.45) is 1.63. The molecule has 0 aliphatic heterocycles. The Morgan fingerprint density at radius 1 is 1.31 bits per heavy atom. The molecule has 140 valence electrons. The number of anilines is 1. The second-order valence-corrected chi connectivity index (χ2v) is 5.62. The van der Waals surface area contributed by atoms with Gasteiger partial charge in [-0.2, -0.15) is 10.2 Å². The van der Waals surface area contributed by atoms with E-state index in [1.165, 1.54) is 11.7 Å². The van der Waals surface area contributed by atoms with Gasteiger partial charge in [-0.1, -0.05) is 0 Å². The van der Waals surface area contributed by atoms with E-state index in [4.69, 9.17) is 0 Å². The van der Waals surface area contributed by atoms with Gasteiger partial charge >= 0.3 is 5.69 Å². The minimum Gasteiger partial charge on any atom is -0.354 e. The summed E-state index contributed by atoms with van der Waals surface area (Å²) in [5.74, 6) is -0.748. The molecule has 2 amide bonds. The number of hydrogen-bond acceptors (Lipinski definition) is 6. The second-order valence-electron chi connectivity index (χ2n) is 5.62. The number of nitrogens with zero attached hydrogens (tertiary/aromatic N) is 5. The van der Waals surface area contributed by atoms with Crippen molar-refractivity contribution in [3.05, 3.63) is 33.4 Å². The maximum Gasteiger partial charge on any atom is 0.312 e. The van der Waals surface area contributed by atoms with Gasteiger partial charge in [-0.25, -0.2) is 0 Å². The van der Waals surface area contributed by atoms with Gasteiger partial charge in [-0.3, -0.25) is 29.1 Å². The molecule has 2 heterocycles.